The zero-order chi connectivity index (χ0) is 33.9. The Balaban J connectivity index is 2.23. The highest BCUT2D eigenvalue weighted by Crippen LogP contribution is 2.48. The molecule has 0 saturated heterocycles. The van der Waals surface area contributed by atoms with Crippen LogP contribution in [-0.2, 0) is 34.4 Å². The van der Waals surface area contributed by atoms with Gasteiger partial charge in [0.05, 0.1) is 18.9 Å². The Morgan fingerprint density at radius 3 is 1.96 bits per heavy atom. The summed E-state index contributed by atoms with van der Waals surface area (Å²) in [7, 11) is -3.63. The fourth-order valence-corrected chi connectivity index (χ4v) is 5.88. The molecule has 1 rings (SSSR count). The predicted octanol–water partition coefficient (Wildman–Crippen LogP) is 7.01. The van der Waals surface area contributed by atoms with E-state index in [1.807, 2.05) is 0 Å². The molecule has 1 heterocycles. The number of carbonyl (C=O) groups is 1. The molecule has 1 atom stereocenters. The lowest BCUT2D eigenvalue weighted by molar-refractivity contribution is -0.0127. The maximum absolute atomic E-state index is 13.3. The van der Waals surface area contributed by atoms with Gasteiger partial charge in [0.2, 0.25) is 6.79 Å². The number of aliphatic hydroxyl groups excluding tert-OH is 1. The van der Waals surface area contributed by atoms with E-state index in [4.69, 9.17) is 28.4 Å². The number of aromatic nitrogens is 2. The minimum absolute atomic E-state index is 0.0756. The Kier molecular flexibility index (Phi) is 24.3. The van der Waals surface area contributed by atoms with Gasteiger partial charge in [-0.3, -0.25) is 23.4 Å². The molecule has 0 aliphatic heterocycles. The number of H-pyrrole nitrogens is 1. The summed E-state index contributed by atoms with van der Waals surface area (Å²) < 4.78 is 40.9. The first-order chi connectivity index (χ1) is 22.2. The van der Waals surface area contributed by atoms with Gasteiger partial charge < -0.3 is 23.8 Å². The topological polar surface area (TPSA) is 155 Å². The number of hydrogen-bond donors (Lipinski definition) is 2. The second-order valence-corrected chi connectivity index (χ2v) is 13.9. The summed E-state index contributed by atoms with van der Waals surface area (Å²) >= 11 is 0. The third kappa shape index (κ3) is 22.3. The summed E-state index contributed by atoms with van der Waals surface area (Å²) in [6.07, 6.45) is 20.5. The van der Waals surface area contributed by atoms with Crippen molar-refractivity contribution in [3.8, 4) is 0 Å². The highest BCUT2D eigenvalue weighted by molar-refractivity contribution is 7.54. The van der Waals surface area contributed by atoms with Gasteiger partial charge >= 0.3 is 19.4 Å². The van der Waals surface area contributed by atoms with Gasteiger partial charge in [-0.25, -0.2) is 9.59 Å². The van der Waals surface area contributed by atoms with Crippen LogP contribution in [0.25, 0.3) is 0 Å². The van der Waals surface area contributed by atoms with Crippen LogP contribution in [0.5, 0.6) is 0 Å². The number of nitrogens with one attached hydrogen (secondary N) is 1. The number of carbonyl (C=O) groups excluding carboxylic acids is 1. The number of nitrogens with zero attached hydrogens (tertiary/aromatic N) is 1. The van der Waals surface area contributed by atoms with Crippen LogP contribution in [-0.4, -0.2) is 66.3 Å². The number of aromatic amines is 1. The molecular formula is C33H59N2O10P. The SMILES string of the molecule is Cc1cn(C/C=C/CP(=O)(OCCCCCCCCCCCCCCCCOCCCO)OCOC(=O)OC(C)C)c(=O)[nH]c1=O. The Hall–Kier alpha value is -2.24. The summed E-state index contributed by atoms with van der Waals surface area (Å²) in [5.74, 6) is 0. The quantitative estimate of drug-likeness (QED) is 0.0298. The number of rotatable bonds is 29. The average molecular weight is 675 g/mol. The Labute approximate surface area is 274 Å². The first kappa shape index (κ1) is 41.8. The average Bonchev–Trinajstić information content (AvgIpc) is 3.00. The largest absolute Gasteiger partial charge is 0.510 e. The minimum Gasteiger partial charge on any atom is -0.432 e. The van der Waals surface area contributed by atoms with Gasteiger partial charge in [-0.05, 0) is 40.0 Å². The molecule has 0 amide bonds. The highest BCUT2D eigenvalue weighted by atomic mass is 31.2. The standard InChI is InChI=1S/C33H59N2O10P/c1-29(2)45-33(39)42-28-44-46(40,26-19-16-21-35-27-30(3)31(37)34-32(35)38)43-25-18-15-13-11-9-7-5-4-6-8-10-12-14-17-23-41-24-20-22-36/h16,19,27,29,36H,4-15,17-18,20-26,28H2,1-3H3,(H,34,37,38)/b19-16+. The van der Waals surface area contributed by atoms with Crippen LogP contribution in [0.15, 0.2) is 27.9 Å². The van der Waals surface area contributed by atoms with Crippen molar-refractivity contribution in [2.24, 2.45) is 0 Å². The van der Waals surface area contributed by atoms with Crippen molar-refractivity contribution in [2.45, 2.75) is 130 Å². The monoisotopic (exact) mass is 674 g/mol. The van der Waals surface area contributed by atoms with Crippen LogP contribution >= 0.6 is 7.60 Å². The van der Waals surface area contributed by atoms with E-state index in [1.54, 1.807) is 32.9 Å². The van der Waals surface area contributed by atoms with Gasteiger partial charge in [-0.1, -0.05) is 89.2 Å². The molecule has 0 aromatic carbocycles. The first-order valence-electron chi connectivity index (χ1n) is 17.0. The Morgan fingerprint density at radius 2 is 1.39 bits per heavy atom. The van der Waals surface area contributed by atoms with Crippen LogP contribution < -0.4 is 11.2 Å². The summed E-state index contributed by atoms with van der Waals surface area (Å²) in [4.78, 5) is 37.4. The van der Waals surface area contributed by atoms with Crippen LogP contribution in [0.3, 0.4) is 0 Å². The first-order valence-corrected chi connectivity index (χ1v) is 18.7. The smallest absolute Gasteiger partial charge is 0.432 e. The zero-order valence-electron chi connectivity index (χ0n) is 28.4. The molecule has 1 aromatic heterocycles. The third-order valence-corrected chi connectivity index (χ3v) is 8.90. The van der Waals surface area contributed by atoms with Crippen LogP contribution in [0.1, 0.15) is 116 Å². The molecule has 0 aliphatic carbocycles. The molecule has 46 heavy (non-hydrogen) atoms. The summed E-state index contributed by atoms with van der Waals surface area (Å²) in [5.41, 5.74) is -0.569. The van der Waals surface area contributed by atoms with E-state index < -0.39 is 31.8 Å². The van der Waals surface area contributed by atoms with Gasteiger partial charge in [0.1, 0.15) is 0 Å². The molecule has 0 saturated carbocycles. The van der Waals surface area contributed by atoms with Crippen molar-refractivity contribution >= 4 is 13.8 Å². The molecule has 13 heteroatoms. The molecule has 0 bridgehead atoms. The van der Waals surface area contributed by atoms with Crippen molar-refractivity contribution in [1.82, 2.24) is 9.55 Å². The fraction of sp³-hybridized carbons (Fsp3) is 0.788. The van der Waals surface area contributed by atoms with E-state index in [0.717, 1.165) is 45.1 Å². The van der Waals surface area contributed by atoms with Crippen molar-refractivity contribution in [3.63, 3.8) is 0 Å². The zero-order valence-corrected chi connectivity index (χ0v) is 29.3. The number of hydrogen-bond acceptors (Lipinski definition) is 10. The van der Waals surface area contributed by atoms with E-state index in [-0.39, 0.29) is 32.0 Å². The lowest BCUT2D eigenvalue weighted by Crippen LogP contribution is -2.30. The Bertz CT molecular complexity index is 1120. The van der Waals surface area contributed by atoms with E-state index in [2.05, 4.69) is 4.98 Å². The maximum atomic E-state index is 13.3. The molecule has 12 nitrogen and oxygen atoms in total. The maximum Gasteiger partial charge on any atom is 0.510 e. The highest BCUT2D eigenvalue weighted by Gasteiger charge is 2.24. The molecule has 0 spiro atoms. The summed E-state index contributed by atoms with van der Waals surface area (Å²) in [5, 5.41) is 8.72. The lowest BCUT2D eigenvalue weighted by atomic mass is 10.0. The van der Waals surface area contributed by atoms with Gasteiger partial charge in [0.15, 0.2) is 0 Å². The van der Waals surface area contributed by atoms with Crippen LogP contribution in [0.2, 0.25) is 0 Å². The van der Waals surface area contributed by atoms with Crippen molar-refractivity contribution < 1.29 is 37.7 Å². The van der Waals surface area contributed by atoms with E-state index >= 15 is 0 Å². The molecule has 0 fully saturated rings. The van der Waals surface area contributed by atoms with Crippen molar-refractivity contribution in [2.75, 3.05) is 39.4 Å². The molecule has 0 aliphatic rings. The fourth-order valence-electron chi connectivity index (χ4n) is 4.57. The van der Waals surface area contributed by atoms with Gasteiger partial charge in [-0.15, -0.1) is 0 Å². The second kappa shape index (κ2) is 26.8. The molecule has 2 N–H and O–H groups in total. The van der Waals surface area contributed by atoms with E-state index in [1.165, 1.54) is 68.6 Å². The van der Waals surface area contributed by atoms with Gasteiger partial charge in [-0.2, -0.15) is 0 Å². The molecule has 266 valence electrons. The number of unbranched alkanes of at least 4 members (excludes halogenated alkanes) is 13. The molecular weight excluding hydrogens is 615 g/mol. The molecule has 1 unspecified atom stereocenters. The number of ether oxygens (including phenoxy) is 3. The van der Waals surface area contributed by atoms with Crippen molar-refractivity contribution in [1.29, 1.82) is 0 Å². The van der Waals surface area contributed by atoms with Crippen LogP contribution in [0, 0.1) is 6.92 Å². The minimum atomic E-state index is -3.63. The predicted molar refractivity (Wildman–Crippen MR) is 179 cm³/mol. The lowest BCUT2D eigenvalue weighted by Gasteiger charge is -2.17. The van der Waals surface area contributed by atoms with E-state index in [9.17, 15) is 18.9 Å². The second-order valence-electron chi connectivity index (χ2n) is 11.8. The van der Waals surface area contributed by atoms with Gasteiger partial charge in [0.25, 0.3) is 5.56 Å². The number of allylic oxidation sites excluding steroid dienone is 2. The number of aryl methyl sites for hydroxylation is 1. The molecule has 1 aromatic rings. The summed E-state index contributed by atoms with van der Waals surface area (Å²) in [6, 6.07) is 0. The third-order valence-electron chi connectivity index (χ3n) is 7.16. The number of aliphatic hydroxyl groups is 1. The van der Waals surface area contributed by atoms with Crippen molar-refractivity contribution in [3.05, 3.63) is 44.8 Å². The summed E-state index contributed by atoms with van der Waals surface area (Å²) in [6.45, 7) is 6.48. The van der Waals surface area contributed by atoms with E-state index in [0.29, 0.717) is 12.2 Å². The Morgan fingerprint density at radius 1 is 0.848 bits per heavy atom. The normalized spacial score (nSPS) is 13.0. The van der Waals surface area contributed by atoms with Crippen LogP contribution in [0.4, 0.5) is 4.79 Å². The molecule has 0 radical (unpaired) electrons. The van der Waals surface area contributed by atoms with Gasteiger partial charge in [0, 0.05) is 38.1 Å².